The summed E-state index contributed by atoms with van der Waals surface area (Å²) < 4.78 is 7.93. The van der Waals surface area contributed by atoms with Crippen molar-refractivity contribution in [1.29, 1.82) is 0 Å². The van der Waals surface area contributed by atoms with Crippen molar-refractivity contribution in [1.82, 2.24) is 9.88 Å². The molecule has 0 radical (unpaired) electrons. The third-order valence-electron chi connectivity index (χ3n) is 6.33. The second-order valence-corrected chi connectivity index (χ2v) is 10.7. The lowest BCUT2D eigenvalue weighted by Crippen LogP contribution is -2.41. The van der Waals surface area contributed by atoms with Gasteiger partial charge in [-0.3, -0.25) is 14.2 Å². The van der Waals surface area contributed by atoms with Gasteiger partial charge in [0.25, 0.3) is 11.5 Å². The zero-order valence-electron chi connectivity index (χ0n) is 21.4. The number of hydrogen-bond donors (Lipinski definition) is 2. The zero-order valence-corrected chi connectivity index (χ0v) is 23.1. The van der Waals surface area contributed by atoms with Gasteiger partial charge >= 0.3 is 5.97 Å². The second kappa shape index (κ2) is 10.9. The zero-order chi connectivity index (χ0) is 27.7. The smallest absolute Gasteiger partial charge is 0.335 e. The Bertz CT molecular complexity index is 1800. The SMILES string of the molecule is CCNC(=O)C1=C(C)N=c2sc(=Cc3ccc(-c4cccc(C(=O)O)c4)o3)c(=O)n2C1c1ccc(SC)cc1. The average molecular weight is 560 g/mol. The van der Waals surface area contributed by atoms with E-state index in [4.69, 9.17) is 4.42 Å². The summed E-state index contributed by atoms with van der Waals surface area (Å²) >= 11 is 2.84. The van der Waals surface area contributed by atoms with Crippen molar-refractivity contribution in [3.05, 3.63) is 109 Å². The van der Waals surface area contributed by atoms with Crippen LogP contribution in [0.2, 0.25) is 0 Å². The van der Waals surface area contributed by atoms with Crippen molar-refractivity contribution < 1.29 is 19.1 Å². The Balaban J connectivity index is 1.61. The fourth-order valence-corrected chi connectivity index (χ4v) is 5.92. The first-order valence-corrected chi connectivity index (χ1v) is 14.2. The molecule has 8 nitrogen and oxygen atoms in total. The molecular formula is C29H25N3O5S2. The minimum absolute atomic E-state index is 0.155. The molecule has 1 atom stereocenters. The molecule has 0 aliphatic carbocycles. The van der Waals surface area contributed by atoms with Crippen LogP contribution in [0.5, 0.6) is 0 Å². The first-order chi connectivity index (χ1) is 18.8. The van der Waals surface area contributed by atoms with E-state index < -0.39 is 12.0 Å². The van der Waals surface area contributed by atoms with Gasteiger partial charge < -0.3 is 14.8 Å². The molecule has 0 bridgehead atoms. The number of hydrogen-bond acceptors (Lipinski definition) is 7. The average Bonchev–Trinajstić information content (AvgIpc) is 3.52. The first-order valence-electron chi connectivity index (χ1n) is 12.2. The van der Waals surface area contributed by atoms with Crippen LogP contribution in [0.1, 0.15) is 41.6 Å². The summed E-state index contributed by atoms with van der Waals surface area (Å²) in [5.74, 6) is -0.356. The highest BCUT2D eigenvalue weighted by molar-refractivity contribution is 7.98. The van der Waals surface area contributed by atoms with E-state index in [1.807, 2.05) is 37.4 Å². The third-order valence-corrected chi connectivity index (χ3v) is 8.06. The molecule has 0 saturated heterocycles. The van der Waals surface area contributed by atoms with Crippen LogP contribution in [0.25, 0.3) is 17.4 Å². The topological polar surface area (TPSA) is 114 Å². The summed E-state index contributed by atoms with van der Waals surface area (Å²) in [5, 5.41) is 12.1. The number of allylic oxidation sites excluding steroid dienone is 1. The van der Waals surface area contributed by atoms with Gasteiger partial charge in [-0.05, 0) is 62.1 Å². The van der Waals surface area contributed by atoms with Crippen LogP contribution < -0.4 is 20.2 Å². The molecular weight excluding hydrogens is 534 g/mol. The Labute approximate surface area is 232 Å². The molecule has 10 heteroatoms. The molecule has 0 spiro atoms. The third kappa shape index (κ3) is 5.13. The largest absolute Gasteiger partial charge is 0.478 e. The number of carboxylic acids is 1. The molecule has 1 aliphatic rings. The number of aromatic carboxylic acids is 1. The lowest BCUT2D eigenvalue weighted by atomic mass is 9.95. The van der Waals surface area contributed by atoms with Gasteiger partial charge in [0.05, 0.1) is 27.4 Å². The van der Waals surface area contributed by atoms with E-state index in [0.717, 1.165) is 10.5 Å². The molecule has 5 rings (SSSR count). The Morgan fingerprint density at radius 2 is 1.95 bits per heavy atom. The molecule has 1 aliphatic heterocycles. The standard InChI is InChI=1S/C29H25N3O5S2/c1-4-30-26(33)24-16(2)31-29-32(25(24)17-8-11-21(38-3)12-9-17)27(34)23(39-29)15-20-10-13-22(37-20)18-6-5-7-19(14-18)28(35)36/h5-15,25H,4H2,1-3H3,(H,30,33)(H,35,36). The number of rotatable bonds is 7. The number of nitrogens with one attached hydrogen (secondary N) is 1. The Kier molecular flexibility index (Phi) is 7.40. The number of thiazole rings is 1. The van der Waals surface area contributed by atoms with E-state index in [9.17, 15) is 19.5 Å². The van der Waals surface area contributed by atoms with Crippen LogP contribution in [0.4, 0.5) is 0 Å². The number of carbonyl (C=O) groups excluding carboxylic acids is 1. The molecule has 198 valence electrons. The highest BCUT2D eigenvalue weighted by Gasteiger charge is 2.32. The van der Waals surface area contributed by atoms with Crippen LogP contribution in [0.3, 0.4) is 0 Å². The second-order valence-electron chi connectivity index (χ2n) is 8.80. The summed E-state index contributed by atoms with van der Waals surface area (Å²) in [6, 6.07) is 17.1. The number of carboxylic acid groups (broad SMARTS) is 1. The van der Waals surface area contributed by atoms with Crippen molar-refractivity contribution in [2.75, 3.05) is 12.8 Å². The number of likely N-dealkylation sites (N-methyl/N-ethyl adjacent to an activating group) is 1. The number of carbonyl (C=O) groups is 2. The molecule has 2 aromatic carbocycles. The van der Waals surface area contributed by atoms with E-state index in [2.05, 4.69) is 10.3 Å². The monoisotopic (exact) mass is 559 g/mol. The molecule has 0 fully saturated rings. The number of nitrogens with zero attached hydrogens (tertiary/aromatic N) is 2. The minimum atomic E-state index is -1.02. The quantitative estimate of drug-likeness (QED) is 0.330. The summed E-state index contributed by atoms with van der Waals surface area (Å²) in [6.45, 7) is 4.09. The van der Waals surface area contributed by atoms with Crippen molar-refractivity contribution in [2.24, 2.45) is 4.99 Å². The number of thioether (sulfide) groups is 1. The Morgan fingerprint density at radius 1 is 1.18 bits per heavy atom. The molecule has 2 aromatic heterocycles. The number of fused-ring (bicyclic) bond motifs is 1. The van der Waals surface area contributed by atoms with Gasteiger partial charge in [0.1, 0.15) is 11.5 Å². The van der Waals surface area contributed by atoms with E-state index >= 15 is 0 Å². The van der Waals surface area contributed by atoms with Crippen LogP contribution >= 0.6 is 23.1 Å². The van der Waals surface area contributed by atoms with E-state index in [0.29, 0.717) is 44.2 Å². The molecule has 4 aromatic rings. The first kappa shape index (κ1) is 26.5. The maximum Gasteiger partial charge on any atom is 0.335 e. The van der Waals surface area contributed by atoms with Crippen LogP contribution in [0.15, 0.2) is 91.0 Å². The van der Waals surface area contributed by atoms with E-state index in [1.165, 1.54) is 23.5 Å². The number of benzene rings is 2. The normalized spacial score (nSPS) is 15.2. The molecule has 0 saturated carbocycles. The highest BCUT2D eigenvalue weighted by atomic mass is 32.2. The van der Waals surface area contributed by atoms with E-state index in [-0.39, 0.29) is 17.0 Å². The molecule has 1 unspecified atom stereocenters. The van der Waals surface area contributed by atoms with E-state index in [1.54, 1.807) is 53.6 Å². The predicted octanol–water partition coefficient (Wildman–Crippen LogP) is 4.05. The number of furan rings is 1. The van der Waals surface area contributed by atoms with Gasteiger partial charge in [0.2, 0.25) is 0 Å². The summed E-state index contributed by atoms with van der Waals surface area (Å²) in [5.41, 5.74) is 2.31. The predicted molar refractivity (Wildman–Crippen MR) is 152 cm³/mol. The minimum Gasteiger partial charge on any atom is -0.478 e. The van der Waals surface area contributed by atoms with Crippen LogP contribution in [0, 0.1) is 0 Å². The maximum absolute atomic E-state index is 13.8. The Morgan fingerprint density at radius 3 is 2.64 bits per heavy atom. The number of aromatic nitrogens is 1. The lowest BCUT2D eigenvalue weighted by Gasteiger charge is -2.25. The van der Waals surface area contributed by atoms with Gasteiger partial charge in [0, 0.05) is 23.1 Å². The maximum atomic E-state index is 13.8. The van der Waals surface area contributed by atoms with Crippen molar-refractivity contribution in [2.45, 2.75) is 24.8 Å². The van der Waals surface area contributed by atoms with Gasteiger partial charge in [-0.1, -0.05) is 35.6 Å². The van der Waals surface area contributed by atoms with Gasteiger partial charge in [0.15, 0.2) is 4.80 Å². The van der Waals surface area contributed by atoms with Crippen molar-refractivity contribution in [3.8, 4) is 11.3 Å². The molecule has 3 heterocycles. The summed E-state index contributed by atoms with van der Waals surface area (Å²) in [4.78, 5) is 44.5. The fraction of sp³-hybridized carbons (Fsp3) is 0.172. The van der Waals surface area contributed by atoms with Crippen LogP contribution in [-0.4, -0.2) is 34.4 Å². The van der Waals surface area contributed by atoms with Gasteiger partial charge in [-0.15, -0.1) is 11.8 Å². The molecule has 2 N–H and O–H groups in total. The lowest BCUT2D eigenvalue weighted by molar-refractivity contribution is -0.117. The van der Waals surface area contributed by atoms with Crippen molar-refractivity contribution in [3.63, 3.8) is 0 Å². The van der Waals surface area contributed by atoms with Crippen LogP contribution in [-0.2, 0) is 4.79 Å². The van der Waals surface area contributed by atoms with Crippen molar-refractivity contribution >= 4 is 41.1 Å². The highest BCUT2D eigenvalue weighted by Crippen LogP contribution is 2.31. The molecule has 39 heavy (non-hydrogen) atoms. The fourth-order valence-electron chi connectivity index (χ4n) is 4.49. The van der Waals surface area contributed by atoms with Gasteiger partial charge in [-0.2, -0.15) is 0 Å². The number of amides is 1. The van der Waals surface area contributed by atoms with Gasteiger partial charge in [-0.25, -0.2) is 9.79 Å². The Hall–Kier alpha value is -4.15. The molecule has 1 amide bonds. The summed E-state index contributed by atoms with van der Waals surface area (Å²) in [7, 11) is 0. The summed E-state index contributed by atoms with van der Waals surface area (Å²) in [6.07, 6.45) is 3.64.